The molecule has 200 valence electrons. The molecule has 0 aliphatic carbocycles. The number of aliphatic carboxylic acids is 1. The van der Waals surface area contributed by atoms with Gasteiger partial charge in [-0.2, -0.15) is 0 Å². The molecule has 1 N–H and O–H groups in total. The molecule has 2 heterocycles. The number of carbonyl (C=O) groups is 1. The van der Waals surface area contributed by atoms with Crippen molar-refractivity contribution in [2.45, 2.75) is 31.8 Å². The standard InChI is InChI=1S/C29H30O8S/c1-38(32,33)12-2-10-34-22-6-8-25-26-13-19(3-4-20(26)9-11-35-28(25)15-22)17-36-23-5-7-24-21(14-29(30)31)18-37-27(24)16-23/h3-8,13,15-16,21H,2,9-12,14,17-18H2,1H3,(H,30,31)/t21-/m1/s1. The fraction of sp³-hybridized carbons (Fsp3) is 0.345. The molecule has 5 rings (SSSR count). The van der Waals surface area contributed by atoms with Crippen molar-refractivity contribution in [3.8, 4) is 34.1 Å². The third kappa shape index (κ3) is 6.22. The van der Waals surface area contributed by atoms with Gasteiger partial charge in [-0.25, -0.2) is 8.42 Å². The lowest BCUT2D eigenvalue weighted by Crippen LogP contribution is -2.08. The van der Waals surface area contributed by atoms with Gasteiger partial charge >= 0.3 is 5.97 Å². The second-order valence-corrected chi connectivity index (χ2v) is 11.9. The molecule has 1 atom stereocenters. The van der Waals surface area contributed by atoms with E-state index in [1.807, 2.05) is 36.4 Å². The van der Waals surface area contributed by atoms with Crippen LogP contribution in [-0.4, -0.2) is 51.3 Å². The van der Waals surface area contributed by atoms with Crippen LogP contribution in [0.5, 0.6) is 23.0 Å². The van der Waals surface area contributed by atoms with E-state index in [4.69, 9.17) is 24.1 Å². The minimum Gasteiger partial charge on any atom is -0.493 e. The van der Waals surface area contributed by atoms with E-state index in [1.165, 1.54) is 11.8 Å². The first-order chi connectivity index (χ1) is 18.2. The summed E-state index contributed by atoms with van der Waals surface area (Å²) in [7, 11) is -3.01. The molecule has 0 unspecified atom stereocenters. The summed E-state index contributed by atoms with van der Waals surface area (Å²) in [4.78, 5) is 11.1. The number of ether oxygens (including phenoxy) is 4. The Hall–Kier alpha value is -3.72. The van der Waals surface area contributed by atoms with Crippen LogP contribution >= 0.6 is 0 Å². The van der Waals surface area contributed by atoms with Gasteiger partial charge in [0.15, 0.2) is 0 Å². The third-order valence-electron chi connectivity index (χ3n) is 6.67. The normalized spacial score (nSPS) is 15.8. The lowest BCUT2D eigenvalue weighted by Gasteiger charge is -2.14. The van der Waals surface area contributed by atoms with Crippen molar-refractivity contribution in [2.24, 2.45) is 0 Å². The summed E-state index contributed by atoms with van der Waals surface area (Å²) < 4.78 is 46.2. The summed E-state index contributed by atoms with van der Waals surface area (Å²) in [6, 6.07) is 17.5. The SMILES string of the molecule is CS(=O)(=O)CCCOc1ccc2c(c1)OCCc1ccc(COc3ccc4c(c3)OC[C@H]4CC(=O)O)cc1-2. The number of hydrogen-bond donors (Lipinski definition) is 1. The maximum absolute atomic E-state index is 11.3. The van der Waals surface area contributed by atoms with Gasteiger partial charge in [-0.3, -0.25) is 4.79 Å². The minimum absolute atomic E-state index is 0.0460. The van der Waals surface area contributed by atoms with Crippen molar-refractivity contribution in [2.75, 3.05) is 31.8 Å². The quantitative estimate of drug-likeness (QED) is 0.372. The molecule has 2 aliphatic heterocycles. The van der Waals surface area contributed by atoms with E-state index in [0.717, 1.165) is 34.4 Å². The van der Waals surface area contributed by atoms with Crippen molar-refractivity contribution < 1.29 is 37.3 Å². The van der Waals surface area contributed by atoms with E-state index in [9.17, 15) is 13.2 Å². The molecule has 0 bridgehead atoms. The van der Waals surface area contributed by atoms with Crippen LogP contribution in [0.4, 0.5) is 0 Å². The second-order valence-electron chi connectivity index (χ2n) is 9.67. The molecule has 0 radical (unpaired) electrons. The number of carboxylic acids is 1. The number of carboxylic acid groups (broad SMARTS) is 1. The van der Waals surface area contributed by atoms with Crippen LogP contribution in [0.1, 0.15) is 35.4 Å². The maximum Gasteiger partial charge on any atom is 0.304 e. The highest BCUT2D eigenvalue weighted by molar-refractivity contribution is 7.90. The number of rotatable bonds is 10. The van der Waals surface area contributed by atoms with Crippen LogP contribution in [0.3, 0.4) is 0 Å². The number of hydrogen-bond acceptors (Lipinski definition) is 7. The zero-order valence-electron chi connectivity index (χ0n) is 21.1. The average Bonchev–Trinajstić information content (AvgIpc) is 3.17. The van der Waals surface area contributed by atoms with Crippen LogP contribution in [0.2, 0.25) is 0 Å². The van der Waals surface area contributed by atoms with E-state index >= 15 is 0 Å². The molecule has 0 fully saturated rings. The molecule has 0 spiro atoms. The van der Waals surface area contributed by atoms with E-state index < -0.39 is 15.8 Å². The minimum atomic E-state index is -3.01. The molecule has 9 heteroatoms. The Morgan fingerprint density at radius 2 is 1.76 bits per heavy atom. The summed E-state index contributed by atoms with van der Waals surface area (Å²) in [5, 5.41) is 9.10. The van der Waals surface area contributed by atoms with Crippen molar-refractivity contribution in [3.63, 3.8) is 0 Å². The van der Waals surface area contributed by atoms with Crippen molar-refractivity contribution >= 4 is 15.8 Å². The van der Waals surface area contributed by atoms with Gasteiger partial charge in [0.1, 0.15) is 39.4 Å². The Balaban J connectivity index is 1.27. The van der Waals surface area contributed by atoms with Gasteiger partial charge in [-0.05, 0) is 47.4 Å². The molecule has 38 heavy (non-hydrogen) atoms. The maximum atomic E-state index is 11.3. The molecule has 0 aromatic heterocycles. The van der Waals surface area contributed by atoms with E-state index in [2.05, 4.69) is 18.2 Å². The highest BCUT2D eigenvalue weighted by Gasteiger charge is 2.26. The zero-order valence-corrected chi connectivity index (χ0v) is 22.0. The molecule has 8 nitrogen and oxygen atoms in total. The largest absolute Gasteiger partial charge is 0.493 e. The monoisotopic (exact) mass is 538 g/mol. The molecular weight excluding hydrogens is 508 g/mol. The van der Waals surface area contributed by atoms with Gasteiger partial charge in [-0.1, -0.05) is 18.2 Å². The Kier molecular flexibility index (Phi) is 7.46. The van der Waals surface area contributed by atoms with Crippen LogP contribution < -0.4 is 18.9 Å². The predicted octanol–water partition coefficient (Wildman–Crippen LogP) is 4.63. The average molecular weight is 539 g/mol. The van der Waals surface area contributed by atoms with Crippen LogP contribution in [0.15, 0.2) is 54.6 Å². The Labute approximate surface area is 222 Å². The summed E-state index contributed by atoms with van der Waals surface area (Å²) in [5.41, 5.74) is 5.14. The summed E-state index contributed by atoms with van der Waals surface area (Å²) in [6.45, 7) is 1.59. The number of fused-ring (bicyclic) bond motifs is 4. The fourth-order valence-electron chi connectivity index (χ4n) is 4.79. The summed E-state index contributed by atoms with van der Waals surface area (Å²) in [5.74, 6) is 1.83. The second kappa shape index (κ2) is 10.9. The van der Waals surface area contributed by atoms with Gasteiger partial charge < -0.3 is 24.1 Å². The Morgan fingerprint density at radius 1 is 0.974 bits per heavy atom. The predicted molar refractivity (Wildman–Crippen MR) is 142 cm³/mol. The number of benzene rings is 3. The van der Waals surface area contributed by atoms with Crippen LogP contribution in [0, 0.1) is 0 Å². The molecule has 3 aromatic carbocycles. The first-order valence-electron chi connectivity index (χ1n) is 12.6. The lowest BCUT2D eigenvalue weighted by molar-refractivity contribution is -0.137. The number of sulfone groups is 1. The Bertz CT molecular complexity index is 1450. The van der Waals surface area contributed by atoms with Gasteiger partial charge in [0.2, 0.25) is 0 Å². The third-order valence-corrected chi connectivity index (χ3v) is 7.70. The topological polar surface area (TPSA) is 108 Å². The fourth-order valence-corrected chi connectivity index (χ4v) is 5.43. The molecule has 0 saturated heterocycles. The first kappa shape index (κ1) is 25.9. The highest BCUT2D eigenvalue weighted by atomic mass is 32.2. The van der Waals surface area contributed by atoms with Gasteiger partial charge in [0.05, 0.1) is 32.0 Å². The van der Waals surface area contributed by atoms with E-state index in [1.54, 1.807) is 0 Å². The molecule has 0 saturated carbocycles. The van der Waals surface area contributed by atoms with Gasteiger partial charge in [0, 0.05) is 41.9 Å². The first-order valence-corrected chi connectivity index (χ1v) is 14.6. The highest BCUT2D eigenvalue weighted by Crippen LogP contribution is 2.40. The van der Waals surface area contributed by atoms with Crippen molar-refractivity contribution in [1.29, 1.82) is 0 Å². The van der Waals surface area contributed by atoms with E-state index in [0.29, 0.717) is 50.1 Å². The summed E-state index contributed by atoms with van der Waals surface area (Å²) in [6.07, 6.45) is 2.47. The van der Waals surface area contributed by atoms with Crippen LogP contribution in [-0.2, 0) is 27.7 Å². The van der Waals surface area contributed by atoms with Crippen LogP contribution in [0.25, 0.3) is 11.1 Å². The smallest absolute Gasteiger partial charge is 0.304 e. The Morgan fingerprint density at radius 3 is 2.58 bits per heavy atom. The lowest BCUT2D eigenvalue weighted by atomic mass is 9.96. The van der Waals surface area contributed by atoms with Gasteiger partial charge in [0.25, 0.3) is 0 Å². The van der Waals surface area contributed by atoms with Gasteiger partial charge in [-0.15, -0.1) is 0 Å². The molecule has 0 amide bonds. The van der Waals surface area contributed by atoms with Crippen molar-refractivity contribution in [3.05, 3.63) is 71.3 Å². The molecule has 3 aromatic rings. The van der Waals surface area contributed by atoms with E-state index in [-0.39, 0.29) is 18.1 Å². The summed E-state index contributed by atoms with van der Waals surface area (Å²) >= 11 is 0. The van der Waals surface area contributed by atoms with Crippen molar-refractivity contribution in [1.82, 2.24) is 0 Å². The molecule has 2 aliphatic rings. The molecular formula is C29H30O8S. The zero-order chi connectivity index (χ0) is 26.7.